The second-order valence-electron chi connectivity index (χ2n) is 2.99. The van der Waals surface area contributed by atoms with Crippen molar-refractivity contribution in [2.45, 2.75) is 44.8 Å². The third-order valence-corrected chi connectivity index (χ3v) is 2.15. The number of epoxide rings is 1. The van der Waals surface area contributed by atoms with E-state index in [0.717, 1.165) is 19.3 Å². The summed E-state index contributed by atoms with van der Waals surface area (Å²) in [7, 11) is 0. The van der Waals surface area contributed by atoms with Crippen molar-refractivity contribution in [2.24, 2.45) is 0 Å². The quantitative estimate of drug-likeness (QED) is 0.626. The molecular weight excluding hydrogens is 180 g/mol. The van der Waals surface area contributed by atoms with E-state index < -0.39 is 0 Å². The summed E-state index contributed by atoms with van der Waals surface area (Å²) in [6.07, 6.45) is 3.94. The second kappa shape index (κ2) is 4.67. The van der Waals surface area contributed by atoms with E-state index in [1.165, 1.54) is 0 Å². The Morgan fingerprint density at radius 3 is 2.75 bits per heavy atom. The maximum atomic E-state index is 10.6. The van der Waals surface area contributed by atoms with Gasteiger partial charge in [0.15, 0.2) is 0 Å². The minimum Gasteiger partial charge on any atom is -0.370 e. The van der Waals surface area contributed by atoms with Crippen LogP contribution < -0.4 is 0 Å². The summed E-state index contributed by atoms with van der Waals surface area (Å²) in [6, 6.07) is 0. The summed E-state index contributed by atoms with van der Waals surface area (Å²) >= 11 is 4.86. The lowest BCUT2D eigenvalue weighted by molar-refractivity contribution is -0.134. The van der Waals surface area contributed by atoms with E-state index in [1.54, 1.807) is 0 Å². The van der Waals surface area contributed by atoms with E-state index in [-0.39, 0.29) is 12.1 Å². The first-order chi connectivity index (χ1) is 5.77. The van der Waals surface area contributed by atoms with Crippen LogP contribution >= 0.6 is 11.9 Å². The maximum Gasteiger partial charge on any atom is 0.324 e. The van der Waals surface area contributed by atoms with E-state index in [1.807, 2.05) is 0 Å². The lowest BCUT2D eigenvalue weighted by atomic mass is 10.1. The number of hydrogen-bond donors (Lipinski definition) is 0. The molecule has 0 radical (unpaired) electrons. The lowest BCUT2D eigenvalue weighted by Crippen LogP contribution is -2.01. The Morgan fingerprint density at radius 2 is 2.17 bits per heavy atom. The van der Waals surface area contributed by atoms with E-state index >= 15 is 0 Å². The highest BCUT2D eigenvalue weighted by Crippen LogP contribution is 2.30. The Balaban J connectivity index is 2.00. The van der Waals surface area contributed by atoms with Crippen molar-refractivity contribution in [3.8, 4) is 0 Å². The van der Waals surface area contributed by atoms with Gasteiger partial charge in [0, 0.05) is 6.42 Å². The Bertz CT molecular complexity index is 160. The fraction of sp³-hybridized carbons (Fsp3) is 0.875. The van der Waals surface area contributed by atoms with Crippen molar-refractivity contribution in [3.05, 3.63) is 0 Å². The fourth-order valence-electron chi connectivity index (χ4n) is 1.27. The number of carbonyl (C=O) groups excluding carboxylic acids is 1. The molecule has 0 aromatic heterocycles. The summed E-state index contributed by atoms with van der Waals surface area (Å²) in [5, 5.41) is 0. The topological polar surface area (TPSA) is 38.8 Å². The Labute approximate surface area is 77.2 Å². The van der Waals surface area contributed by atoms with Crippen LogP contribution in [0.2, 0.25) is 0 Å². The zero-order chi connectivity index (χ0) is 8.97. The third kappa shape index (κ3) is 2.99. The lowest BCUT2D eigenvalue weighted by Gasteiger charge is -1.92. The van der Waals surface area contributed by atoms with Crippen LogP contribution in [-0.2, 0) is 13.8 Å². The summed E-state index contributed by atoms with van der Waals surface area (Å²) in [6.45, 7) is 2.12. The number of carbonyl (C=O) groups is 1. The van der Waals surface area contributed by atoms with Gasteiger partial charge in [0.25, 0.3) is 0 Å². The van der Waals surface area contributed by atoms with Gasteiger partial charge < -0.3 is 9.03 Å². The highest BCUT2D eigenvalue weighted by atomic mass is 35.5. The van der Waals surface area contributed by atoms with Crippen LogP contribution in [0.15, 0.2) is 0 Å². The zero-order valence-electron chi connectivity index (χ0n) is 7.09. The van der Waals surface area contributed by atoms with Crippen LogP contribution in [0.3, 0.4) is 0 Å². The molecule has 12 heavy (non-hydrogen) atoms. The van der Waals surface area contributed by atoms with Crippen LogP contribution in [0, 0.1) is 0 Å². The molecule has 0 amide bonds. The van der Waals surface area contributed by atoms with E-state index in [0.29, 0.717) is 12.5 Å². The van der Waals surface area contributed by atoms with E-state index in [2.05, 4.69) is 11.2 Å². The summed E-state index contributed by atoms with van der Waals surface area (Å²) in [5.41, 5.74) is 0. The molecule has 70 valence electrons. The molecule has 1 fully saturated rings. The first kappa shape index (κ1) is 9.81. The third-order valence-electron chi connectivity index (χ3n) is 1.98. The van der Waals surface area contributed by atoms with Crippen LogP contribution in [-0.4, -0.2) is 18.2 Å². The van der Waals surface area contributed by atoms with Gasteiger partial charge in [-0.2, -0.15) is 0 Å². The van der Waals surface area contributed by atoms with Crippen molar-refractivity contribution in [1.29, 1.82) is 0 Å². The van der Waals surface area contributed by atoms with Gasteiger partial charge in [-0.1, -0.05) is 13.3 Å². The van der Waals surface area contributed by atoms with Crippen LogP contribution in [0.25, 0.3) is 0 Å². The maximum absolute atomic E-state index is 10.6. The molecule has 1 saturated heterocycles. The predicted octanol–water partition coefficient (Wildman–Crippen LogP) is 2.03. The Hall–Kier alpha value is -0.280. The van der Waals surface area contributed by atoms with Gasteiger partial charge in [0.1, 0.15) is 11.9 Å². The number of hydrogen-bond acceptors (Lipinski definition) is 3. The second-order valence-corrected chi connectivity index (χ2v) is 3.14. The SMILES string of the molecule is CCCC1OC1CCC(=O)OCl. The molecule has 1 aliphatic rings. The zero-order valence-corrected chi connectivity index (χ0v) is 7.84. The first-order valence-electron chi connectivity index (χ1n) is 4.24. The van der Waals surface area contributed by atoms with Crippen molar-refractivity contribution in [2.75, 3.05) is 0 Å². The van der Waals surface area contributed by atoms with Crippen LogP contribution in [0.5, 0.6) is 0 Å². The number of ether oxygens (including phenoxy) is 1. The normalized spacial score (nSPS) is 26.8. The molecule has 3 nitrogen and oxygen atoms in total. The molecule has 0 aliphatic carbocycles. The monoisotopic (exact) mass is 192 g/mol. The minimum absolute atomic E-state index is 0.265. The Kier molecular flexibility index (Phi) is 3.82. The molecular formula is C8H13ClO3. The molecule has 2 unspecified atom stereocenters. The largest absolute Gasteiger partial charge is 0.370 e. The molecule has 0 aromatic rings. The molecule has 4 heteroatoms. The smallest absolute Gasteiger partial charge is 0.324 e. The summed E-state index contributed by atoms with van der Waals surface area (Å²) < 4.78 is 9.30. The first-order valence-corrected chi connectivity index (χ1v) is 4.55. The number of rotatable bonds is 5. The van der Waals surface area contributed by atoms with Gasteiger partial charge in [-0.15, -0.1) is 0 Å². The molecule has 2 atom stereocenters. The summed E-state index contributed by atoms with van der Waals surface area (Å²) in [4.78, 5) is 10.6. The molecule has 0 N–H and O–H groups in total. The van der Waals surface area contributed by atoms with Crippen molar-refractivity contribution in [3.63, 3.8) is 0 Å². The molecule has 1 heterocycles. The summed E-state index contributed by atoms with van der Waals surface area (Å²) in [5.74, 6) is -0.373. The molecule has 1 aliphatic heterocycles. The van der Waals surface area contributed by atoms with Crippen molar-refractivity contribution < 1.29 is 13.8 Å². The standard InChI is InChI=1S/C8H13ClO3/c1-2-3-6-7(11-6)4-5-8(10)12-9/h6-7H,2-5H2,1H3. The van der Waals surface area contributed by atoms with Gasteiger partial charge in [-0.05, 0) is 12.8 Å². The molecule has 0 aromatic carbocycles. The number of halogens is 1. The molecule has 0 spiro atoms. The predicted molar refractivity (Wildman–Crippen MR) is 44.7 cm³/mol. The van der Waals surface area contributed by atoms with Gasteiger partial charge >= 0.3 is 5.97 Å². The average molecular weight is 193 g/mol. The van der Waals surface area contributed by atoms with Gasteiger partial charge in [0.05, 0.1) is 12.2 Å². The van der Waals surface area contributed by atoms with E-state index in [4.69, 9.17) is 16.6 Å². The van der Waals surface area contributed by atoms with Crippen LogP contribution in [0.4, 0.5) is 0 Å². The van der Waals surface area contributed by atoms with Crippen molar-refractivity contribution >= 4 is 17.8 Å². The average Bonchev–Trinajstić information content (AvgIpc) is 2.80. The van der Waals surface area contributed by atoms with Crippen molar-refractivity contribution in [1.82, 2.24) is 0 Å². The highest BCUT2D eigenvalue weighted by Gasteiger charge is 2.37. The van der Waals surface area contributed by atoms with E-state index in [9.17, 15) is 4.79 Å². The Morgan fingerprint density at radius 1 is 1.50 bits per heavy atom. The molecule has 0 saturated carbocycles. The fourth-order valence-corrected chi connectivity index (χ4v) is 1.35. The molecule has 0 bridgehead atoms. The molecule has 1 rings (SSSR count). The highest BCUT2D eigenvalue weighted by molar-refractivity contribution is 6.13. The van der Waals surface area contributed by atoms with Gasteiger partial charge in [-0.25, -0.2) is 0 Å². The van der Waals surface area contributed by atoms with Crippen LogP contribution in [0.1, 0.15) is 32.6 Å². The minimum atomic E-state index is -0.373. The van der Waals surface area contributed by atoms with Gasteiger partial charge in [0.2, 0.25) is 0 Å². The van der Waals surface area contributed by atoms with Gasteiger partial charge in [-0.3, -0.25) is 4.79 Å².